The molecule has 2 nitrogen and oxygen atoms in total. The van der Waals surface area contributed by atoms with Crippen molar-refractivity contribution in [3.63, 3.8) is 0 Å². The molecule has 21 heavy (non-hydrogen) atoms. The molecule has 1 saturated heterocycles. The van der Waals surface area contributed by atoms with Crippen molar-refractivity contribution < 1.29 is 0 Å². The van der Waals surface area contributed by atoms with Crippen molar-refractivity contribution in [1.29, 1.82) is 0 Å². The lowest BCUT2D eigenvalue weighted by Crippen LogP contribution is -2.55. The van der Waals surface area contributed by atoms with E-state index in [1.165, 1.54) is 14.9 Å². The Morgan fingerprint density at radius 1 is 1.33 bits per heavy atom. The van der Waals surface area contributed by atoms with Gasteiger partial charge >= 0.3 is 0 Å². The van der Waals surface area contributed by atoms with Gasteiger partial charge < -0.3 is 5.32 Å². The average Bonchev–Trinajstić information content (AvgIpc) is 2.88. The SMILES string of the molecule is CC1CN(Cc2cc(Br)cs2)C(Cc2ccccc2)CN1. The van der Waals surface area contributed by atoms with Crippen LogP contribution in [0.3, 0.4) is 0 Å². The molecule has 0 radical (unpaired) electrons. The van der Waals surface area contributed by atoms with E-state index in [9.17, 15) is 0 Å². The summed E-state index contributed by atoms with van der Waals surface area (Å²) in [7, 11) is 0. The maximum absolute atomic E-state index is 3.63. The van der Waals surface area contributed by atoms with Crippen molar-refractivity contribution >= 4 is 27.3 Å². The van der Waals surface area contributed by atoms with Gasteiger partial charge in [0.05, 0.1) is 0 Å². The normalized spacial score (nSPS) is 23.3. The quantitative estimate of drug-likeness (QED) is 0.884. The molecular formula is C17H21BrN2S. The van der Waals surface area contributed by atoms with Crippen LogP contribution in [0.25, 0.3) is 0 Å². The minimum Gasteiger partial charge on any atom is -0.311 e. The lowest BCUT2D eigenvalue weighted by molar-refractivity contribution is 0.128. The number of piperazine rings is 1. The molecule has 0 spiro atoms. The molecule has 2 aromatic rings. The Balaban J connectivity index is 1.70. The van der Waals surface area contributed by atoms with E-state index >= 15 is 0 Å². The van der Waals surface area contributed by atoms with Crippen LogP contribution in [0.4, 0.5) is 0 Å². The standard InChI is InChI=1S/C17H21BrN2S/c1-13-10-20(11-17-8-15(18)12-21-17)16(9-19-13)7-14-5-3-2-4-6-14/h2-6,8,12-13,16,19H,7,9-11H2,1H3. The molecule has 0 aliphatic carbocycles. The molecule has 1 aromatic heterocycles. The smallest absolute Gasteiger partial charge is 0.0332 e. The third kappa shape index (κ3) is 4.16. The molecular weight excluding hydrogens is 344 g/mol. The van der Waals surface area contributed by atoms with Gasteiger partial charge in [-0.25, -0.2) is 0 Å². The summed E-state index contributed by atoms with van der Waals surface area (Å²) in [5.41, 5.74) is 1.43. The van der Waals surface area contributed by atoms with Crippen LogP contribution in [0, 0.1) is 0 Å². The number of benzene rings is 1. The first-order valence-electron chi connectivity index (χ1n) is 7.45. The predicted molar refractivity (Wildman–Crippen MR) is 93.8 cm³/mol. The van der Waals surface area contributed by atoms with Gasteiger partial charge in [0, 0.05) is 46.4 Å². The third-order valence-electron chi connectivity index (χ3n) is 4.02. The fourth-order valence-corrected chi connectivity index (χ4v) is 4.43. The van der Waals surface area contributed by atoms with E-state index in [-0.39, 0.29) is 0 Å². The lowest BCUT2D eigenvalue weighted by Gasteiger charge is -2.39. The van der Waals surface area contributed by atoms with E-state index < -0.39 is 0 Å². The van der Waals surface area contributed by atoms with Crippen molar-refractivity contribution in [3.05, 3.63) is 56.7 Å². The summed E-state index contributed by atoms with van der Waals surface area (Å²) < 4.78 is 1.20. The molecule has 4 heteroatoms. The van der Waals surface area contributed by atoms with Crippen LogP contribution in [0.5, 0.6) is 0 Å². The summed E-state index contributed by atoms with van der Waals surface area (Å²) >= 11 is 5.40. The Kier molecular flexibility index (Phi) is 5.11. The topological polar surface area (TPSA) is 15.3 Å². The zero-order valence-corrected chi connectivity index (χ0v) is 14.7. The molecule has 2 atom stereocenters. The van der Waals surface area contributed by atoms with Crippen molar-refractivity contribution in [2.24, 2.45) is 0 Å². The molecule has 1 aliphatic heterocycles. The molecule has 1 N–H and O–H groups in total. The molecule has 2 unspecified atom stereocenters. The summed E-state index contributed by atoms with van der Waals surface area (Å²) in [5.74, 6) is 0. The number of thiophene rings is 1. The molecule has 0 saturated carbocycles. The van der Waals surface area contributed by atoms with Crippen LogP contribution in [-0.4, -0.2) is 30.1 Å². The van der Waals surface area contributed by atoms with E-state index in [0.29, 0.717) is 12.1 Å². The molecule has 112 valence electrons. The van der Waals surface area contributed by atoms with Gasteiger partial charge in [0.2, 0.25) is 0 Å². The summed E-state index contributed by atoms with van der Waals surface area (Å²) in [5, 5.41) is 5.80. The molecule has 3 rings (SSSR count). The molecule has 2 heterocycles. The van der Waals surface area contributed by atoms with Crippen molar-refractivity contribution in [1.82, 2.24) is 10.2 Å². The molecule has 0 bridgehead atoms. The minimum absolute atomic E-state index is 0.570. The Morgan fingerprint density at radius 3 is 2.86 bits per heavy atom. The number of nitrogens with zero attached hydrogens (tertiary/aromatic N) is 1. The third-order valence-corrected chi connectivity index (χ3v) is 5.70. The van der Waals surface area contributed by atoms with Gasteiger partial charge in [-0.3, -0.25) is 4.90 Å². The monoisotopic (exact) mass is 364 g/mol. The second-order valence-corrected chi connectivity index (χ2v) is 7.72. The molecule has 1 aromatic carbocycles. The zero-order valence-electron chi connectivity index (χ0n) is 12.3. The van der Waals surface area contributed by atoms with Crippen LogP contribution in [0.1, 0.15) is 17.4 Å². The first-order chi connectivity index (χ1) is 10.2. The first-order valence-corrected chi connectivity index (χ1v) is 9.12. The van der Waals surface area contributed by atoms with Gasteiger partial charge in [-0.05, 0) is 40.9 Å². The van der Waals surface area contributed by atoms with Crippen LogP contribution >= 0.6 is 27.3 Å². The number of nitrogens with one attached hydrogen (secondary N) is 1. The van der Waals surface area contributed by atoms with E-state index in [1.807, 2.05) is 11.3 Å². The second-order valence-electron chi connectivity index (χ2n) is 5.81. The van der Waals surface area contributed by atoms with Gasteiger partial charge in [-0.2, -0.15) is 0 Å². The summed E-state index contributed by atoms with van der Waals surface area (Å²) in [6.07, 6.45) is 1.12. The highest BCUT2D eigenvalue weighted by molar-refractivity contribution is 9.10. The van der Waals surface area contributed by atoms with Gasteiger partial charge in [0.1, 0.15) is 0 Å². The predicted octanol–water partition coefficient (Wildman–Crippen LogP) is 3.92. The summed E-state index contributed by atoms with van der Waals surface area (Å²) in [4.78, 5) is 4.07. The van der Waals surface area contributed by atoms with Crippen LogP contribution in [-0.2, 0) is 13.0 Å². The maximum atomic E-state index is 3.63. The number of hydrogen-bond acceptors (Lipinski definition) is 3. The number of rotatable bonds is 4. The highest BCUT2D eigenvalue weighted by Gasteiger charge is 2.26. The van der Waals surface area contributed by atoms with E-state index in [2.05, 4.69) is 74.8 Å². The fourth-order valence-electron chi connectivity index (χ4n) is 2.95. The van der Waals surface area contributed by atoms with E-state index in [4.69, 9.17) is 0 Å². The number of halogens is 1. The van der Waals surface area contributed by atoms with Crippen LogP contribution in [0.2, 0.25) is 0 Å². The van der Waals surface area contributed by atoms with Gasteiger partial charge in [0.25, 0.3) is 0 Å². The number of hydrogen-bond donors (Lipinski definition) is 1. The zero-order chi connectivity index (χ0) is 14.7. The van der Waals surface area contributed by atoms with E-state index in [0.717, 1.165) is 26.1 Å². The van der Waals surface area contributed by atoms with Gasteiger partial charge in [-0.15, -0.1) is 11.3 Å². The Morgan fingerprint density at radius 2 is 2.14 bits per heavy atom. The summed E-state index contributed by atoms with van der Waals surface area (Å²) in [6, 6.07) is 14.2. The van der Waals surface area contributed by atoms with Gasteiger partial charge in [-0.1, -0.05) is 30.3 Å². The second kappa shape index (κ2) is 7.05. The van der Waals surface area contributed by atoms with Crippen molar-refractivity contribution in [2.75, 3.05) is 13.1 Å². The average molecular weight is 365 g/mol. The van der Waals surface area contributed by atoms with Crippen molar-refractivity contribution in [2.45, 2.75) is 32.0 Å². The summed E-state index contributed by atoms with van der Waals surface area (Å²) in [6.45, 7) is 5.52. The van der Waals surface area contributed by atoms with E-state index in [1.54, 1.807) is 0 Å². The lowest BCUT2D eigenvalue weighted by atomic mass is 10.0. The van der Waals surface area contributed by atoms with Crippen LogP contribution in [0.15, 0.2) is 46.3 Å². The highest BCUT2D eigenvalue weighted by Crippen LogP contribution is 2.23. The Labute approximate surface area is 139 Å². The molecule has 1 fully saturated rings. The van der Waals surface area contributed by atoms with Crippen molar-refractivity contribution in [3.8, 4) is 0 Å². The minimum atomic E-state index is 0.570. The Hall–Kier alpha value is -0.680. The maximum Gasteiger partial charge on any atom is 0.0332 e. The molecule has 0 amide bonds. The first kappa shape index (κ1) is 15.2. The Bertz CT molecular complexity index is 569. The van der Waals surface area contributed by atoms with Gasteiger partial charge in [0.15, 0.2) is 0 Å². The fraction of sp³-hybridized carbons (Fsp3) is 0.412. The van der Waals surface area contributed by atoms with Crippen LogP contribution < -0.4 is 5.32 Å². The highest BCUT2D eigenvalue weighted by atomic mass is 79.9. The largest absolute Gasteiger partial charge is 0.311 e. The molecule has 1 aliphatic rings.